The second kappa shape index (κ2) is 4.24. The third-order valence-electron chi connectivity index (χ3n) is 2.89. The molecule has 92 valence electrons. The fraction of sp³-hybridized carbons (Fsp3) is 0. The van der Waals surface area contributed by atoms with Gasteiger partial charge in [0.2, 0.25) is 0 Å². The van der Waals surface area contributed by atoms with Gasteiger partial charge in [0.05, 0.1) is 4.90 Å². The molecule has 0 unspecified atom stereocenters. The molecule has 6 heteroatoms. The van der Waals surface area contributed by atoms with Gasteiger partial charge in [-0.1, -0.05) is 29.7 Å². The van der Waals surface area contributed by atoms with E-state index in [1.807, 2.05) is 0 Å². The fourth-order valence-corrected chi connectivity index (χ4v) is 3.26. The first kappa shape index (κ1) is 12.0. The van der Waals surface area contributed by atoms with Crippen LogP contribution in [0.1, 0.15) is 0 Å². The second-order valence-electron chi connectivity index (χ2n) is 4.07. The highest BCUT2D eigenvalue weighted by Gasteiger charge is 2.19. The Morgan fingerprint density at radius 2 is 1.79 bits per heavy atom. The van der Waals surface area contributed by atoms with Gasteiger partial charge in [-0.25, -0.2) is 17.4 Å². The molecule has 0 N–H and O–H groups in total. The Bertz CT molecular complexity index is 841. The zero-order chi connectivity index (χ0) is 13.5. The van der Waals surface area contributed by atoms with Crippen LogP contribution in [-0.2, 0) is 10.0 Å². The monoisotopic (exact) mass is 268 g/mol. The van der Waals surface area contributed by atoms with Crippen molar-refractivity contribution in [1.29, 1.82) is 0 Å². The second-order valence-corrected chi connectivity index (χ2v) is 5.88. The average Bonchev–Trinajstić information content (AvgIpc) is 2.86. The predicted octanol–water partition coefficient (Wildman–Crippen LogP) is 1.07. The maximum Gasteiger partial charge on any atom is 0.269 e. The quantitative estimate of drug-likeness (QED) is 0.653. The van der Waals surface area contributed by atoms with E-state index in [9.17, 15) is 8.42 Å². The van der Waals surface area contributed by atoms with E-state index >= 15 is 0 Å². The Kier molecular flexibility index (Phi) is 2.67. The van der Waals surface area contributed by atoms with Gasteiger partial charge in [-0.3, -0.25) is 0 Å². The molecule has 0 aliphatic carbocycles. The minimum atomic E-state index is -3.64. The number of pyridine rings is 1. The van der Waals surface area contributed by atoms with Crippen molar-refractivity contribution in [2.75, 3.05) is 0 Å². The van der Waals surface area contributed by atoms with Gasteiger partial charge < -0.3 is 0 Å². The Labute approximate surface area is 112 Å². The molecule has 0 aliphatic rings. The summed E-state index contributed by atoms with van der Waals surface area (Å²) in [5.41, 5.74) is 0.843. The van der Waals surface area contributed by atoms with Crippen LogP contribution in [0.15, 0.2) is 59.8 Å². The topological polar surface area (TPSA) is 52.0 Å². The van der Waals surface area contributed by atoms with Gasteiger partial charge in [-0.2, -0.15) is 0 Å². The van der Waals surface area contributed by atoms with E-state index in [0.29, 0.717) is 16.5 Å². The van der Waals surface area contributed by atoms with Crippen molar-refractivity contribution < 1.29 is 8.42 Å². The first-order chi connectivity index (χ1) is 9.10. The van der Waals surface area contributed by atoms with Crippen molar-refractivity contribution in [3.8, 4) is 0 Å². The number of hydrogen-bond acceptors (Lipinski definition) is 3. The third-order valence-corrected chi connectivity index (χ3v) is 4.57. The summed E-state index contributed by atoms with van der Waals surface area (Å²) in [7, 11) is 2.16. The molecule has 2 radical (unpaired) electrons. The Morgan fingerprint density at radius 3 is 2.53 bits per heavy atom. The van der Waals surface area contributed by atoms with Gasteiger partial charge in [0.15, 0.2) is 5.65 Å². The largest absolute Gasteiger partial charge is 0.269 e. The molecule has 0 saturated carbocycles. The van der Waals surface area contributed by atoms with Crippen LogP contribution in [0, 0.1) is 0 Å². The molecule has 4 nitrogen and oxygen atoms in total. The summed E-state index contributed by atoms with van der Waals surface area (Å²) in [6.07, 6.45) is 2.96. The SMILES string of the molecule is [B]c1ccnc2c1ccn2S(=O)(=O)c1ccccc1. The Hall–Kier alpha value is -2.08. The van der Waals surface area contributed by atoms with Crippen molar-refractivity contribution in [1.82, 2.24) is 8.96 Å². The standard InChI is InChI=1S/C13H9BN2O2S/c14-12-6-8-15-13-11(12)7-9-16(13)19(17,18)10-4-2-1-3-5-10/h1-9H. The van der Waals surface area contributed by atoms with Crippen LogP contribution in [0.2, 0.25) is 0 Å². The number of fused-ring (bicyclic) bond motifs is 1. The van der Waals surface area contributed by atoms with Crippen LogP contribution in [0.5, 0.6) is 0 Å². The molecule has 2 heterocycles. The first-order valence-corrected chi connectivity index (χ1v) is 7.07. The summed E-state index contributed by atoms with van der Waals surface area (Å²) in [6.45, 7) is 0. The highest BCUT2D eigenvalue weighted by atomic mass is 32.2. The normalized spacial score (nSPS) is 11.8. The van der Waals surface area contributed by atoms with Crippen molar-refractivity contribution >= 4 is 34.4 Å². The number of nitrogens with zero attached hydrogens (tertiary/aromatic N) is 2. The molecule has 0 fully saturated rings. The number of hydrogen-bond donors (Lipinski definition) is 0. The van der Waals surface area contributed by atoms with Crippen LogP contribution in [-0.4, -0.2) is 25.2 Å². The van der Waals surface area contributed by atoms with E-state index in [0.717, 1.165) is 3.97 Å². The van der Waals surface area contributed by atoms with E-state index in [-0.39, 0.29) is 4.90 Å². The van der Waals surface area contributed by atoms with Crippen LogP contribution in [0.3, 0.4) is 0 Å². The van der Waals surface area contributed by atoms with Crippen LogP contribution < -0.4 is 5.46 Å². The van der Waals surface area contributed by atoms with Gasteiger partial charge in [0.1, 0.15) is 7.85 Å². The molecular formula is C13H9BN2O2S. The zero-order valence-electron chi connectivity index (χ0n) is 9.89. The highest BCUT2D eigenvalue weighted by Crippen LogP contribution is 2.19. The molecule has 0 atom stereocenters. The summed E-state index contributed by atoms with van der Waals surface area (Å²) >= 11 is 0. The van der Waals surface area contributed by atoms with Gasteiger partial charge in [-0.15, -0.1) is 0 Å². The van der Waals surface area contributed by atoms with Gasteiger partial charge >= 0.3 is 0 Å². The lowest BCUT2D eigenvalue weighted by Crippen LogP contribution is -2.13. The van der Waals surface area contributed by atoms with Crippen LogP contribution in [0.4, 0.5) is 0 Å². The summed E-state index contributed by atoms with van der Waals surface area (Å²) in [5.74, 6) is 0. The number of benzene rings is 1. The van der Waals surface area contributed by atoms with Crippen molar-refractivity contribution in [2.24, 2.45) is 0 Å². The van der Waals surface area contributed by atoms with E-state index < -0.39 is 10.0 Å². The molecule has 0 aliphatic heterocycles. The predicted molar refractivity (Wildman–Crippen MR) is 74.1 cm³/mol. The van der Waals surface area contributed by atoms with Gasteiger partial charge in [-0.05, 0) is 18.2 Å². The zero-order valence-corrected chi connectivity index (χ0v) is 10.7. The lowest BCUT2D eigenvalue weighted by Gasteiger charge is -2.06. The molecular weight excluding hydrogens is 259 g/mol. The van der Waals surface area contributed by atoms with Crippen LogP contribution >= 0.6 is 0 Å². The molecule has 0 amide bonds. The molecule has 19 heavy (non-hydrogen) atoms. The van der Waals surface area contributed by atoms with E-state index in [1.165, 1.54) is 12.4 Å². The molecule has 1 aromatic carbocycles. The summed E-state index contributed by atoms with van der Waals surface area (Å²) in [6, 6.07) is 11.5. The molecule has 3 aromatic rings. The molecule has 0 spiro atoms. The lowest BCUT2D eigenvalue weighted by molar-refractivity contribution is 0.589. The van der Waals surface area contributed by atoms with Crippen molar-refractivity contribution in [3.63, 3.8) is 0 Å². The summed E-state index contributed by atoms with van der Waals surface area (Å²) < 4.78 is 26.2. The van der Waals surface area contributed by atoms with Gasteiger partial charge in [0, 0.05) is 17.8 Å². The average molecular weight is 268 g/mol. The molecule has 0 saturated heterocycles. The molecule has 2 aromatic heterocycles. The maximum absolute atomic E-state index is 12.5. The van der Waals surface area contributed by atoms with Crippen molar-refractivity contribution in [2.45, 2.75) is 4.90 Å². The molecule has 0 bridgehead atoms. The summed E-state index contributed by atoms with van der Waals surface area (Å²) in [5, 5.41) is 0.627. The summed E-state index contributed by atoms with van der Waals surface area (Å²) in [4.78, 5) is 4.32. The number of aromatic nitrogens is 2. The minimum Gasteiger partial charge on any atom is -0.237 e. The van der Waals surface area contributed by atoms with E-state index in [1.54, 1.807) is 42.5 Å². The van der Waals surface area contributed by atoms with Crippen LogP contribution in [0.25, 0.3) is 11.0 Å². The third kappa shape index (κ3) is 1.84. The molecule has 3 rings (SSSR count). The van der Waals surface area contributed by atoms with Crippen molar-refractivity contribution in [3.05, 3.63) is 54.9 Å². The smallest absolute Gasteiger partial charge is 0.237 e. The highest BCUT2D eigenvalue weighted by molar-refractivity contribution is 7.90. The fourth-order valence-electron chi connectivity index (χ4n) is 1.94. The lowest BCUT2D eigenvalue weighted by atomic mass is 9.95. The van der Waals surface area contributed by atoms with E-state index in [4.69, 9.17) is 7.85 Å². The Balaban J connectivity index is 2.29. The maximum atomic E-state index is 12.5. The number of rotatable bonds is 2. The Morgan fingerprint density at radius 1 is 1.05 bits per heavy atom. The minimum absolute atomic E-state index is 0.219. The van der Waals surface area contributed by atoms with E-state index in [2.05, 4.69) is 4.98 Å². The van der Waals surface area contributed by atoms with Gasteiger partial charge in [0.25, 0.3) is 10.0 Å². The first-order valence-electron chi connectivity index (χ1n) is 5.63.